The van der Waals surface area contributed by atoms with Crippen molar-refractivity contribution in [3.63, 3.8) is 0 Å². The number of carbonyl (C=O) groups excluding carboxylic acids is 3. The molecule has 0 aliphatic heterocycles. The number of aryl methyl sites for hydroxylation is 1. The molecule has 6 nitrogen and oxygen atoms in total. The zero-order valence-electron chi connectivity index (χ0n) is 18.0. The summed E-state index contributed by atoms with van der Waals surface area (Å²) in [6, 6.07) is 7.60. The van der Waals surface area contributed by atoms with Crippen LogP contribution in [0.15, 0.2) is 36.4 Å². The first kappa shape index (κ1) is 24.4. The summed E-state index contributed by atoms with van der Waals surface area (Å²) in [5.74, 6) is -1.69. The predicted molar refractivity (Wildman–Crippen MR) is 110 cm³/mol. The molecule has 0 saturated heterocycles. The predicted octanol–water partition coefficient (Wildman–Crippen LogP) is 3.94. The molecule has 160 valence electrons. The van der Waals surface area contributed by atoms with Gasteiger partial charge in [-0.25, -0.2) is 0 Å². The second kappa shape index (κ2) is 12.0. The van der Waals surface area contributed by atoms with Crippen LogP contribution in [0.3, 0.4) is 0 Å². The summed E-state index contributed by atoms with van der Waals surface area (Å²) < 4.78 is 15.2. The zero-order chi connectivity index (χ0) is 21.9. The number of ether oxygens (including phenoxy) is 3. The quantitative estimate of drug-likeness (QED) is 0.241. The van der Waals surface area contributed by atoms with Gasteiger partial charge in [-0.2, -0.15) is 0 Å². The Bertz CT molecular complexity index is 689. The average Bonchev–Trinajstić information content (AvgIpc) is 2.70. The summed E-state index contributed by atoms with van der Waals surface area (Å²) in [5, 5.41) is 0. The monoisotopic (exact) mass is 404 g/mol. The van der Waals surface area contributed by atoms with Crippen LogP contribution in [-0.2, 0) is 35.0 Å². The molecule has 0 aromatic heterocycles. The Morgan fingerprint density at radius 1 is 1.07 bits per heavy atom. The Morgan fingerprint density at radius 3 is 2.14 bits per heavy atom. The summed E-state index contributed by atoms with van der Waals surface area (Å²) in [7, 11) is 2.50. The highest BCUT2D eigenvalue weighted by atomic mass is 16.5. The van der Waals surface area contributed by atoms with Crippen molar-refractivity contribution < 1.29 is 28.6 Å². The van der Waals surface area contributed by atoms with Gasteiger partial charge >= 0.3 is 17.9 Å². The molecule has 0 fully saturated rings. The molecular formula is C23H32O6. The van der Waals surface area contributed by atoms with Crippen LogP contribution in [0.5, 0.6) is 0 Å². The van der Waals surface area contributed by atoms with Crippen molar-refractivity contribution >= 4 is 17.9 Å². The third-order valence-electron chi connectivity index (χ3n) is 4.76. The lowest BCUT2D eigenvalue weighted by Gasteiger charge is -2.27. The van der Waals surface area contributed by atoms with Crippen LogP contribution >= 0.6 is 0 Å². The number of allylic oxidation sites excluding steroid dienone is 1. The molecule has 1 atom stereocenters. The summed E-state index contributed by atoms with van der Waals surface area (Å²) in [6.07, 6.45) is 5.78. The highest BCUT2D eigenvalue weighted by Gasteiger charge is 2.47. The van der Waals surface area contributed by atoms with E-state index >= 15 is 0 Å². The van der Waals surface area contributed by atoms with Gasteiger partial charge in [-0.1, -0.05) is 49.2 Å². The van der Waals surface area contributed by atoms with E-state index in [4.69, 9.17) is 14.2 Å². The van der Waals surface area contributed by atoms with E-state index in [-0.39, 0.29) is 18.8 Å². The van der Waals surface area contributed by atoms with E-state index in [0.29, 0.717) is 6.42 Å². The first-order valence-electron chi connectivity index (χ1n) is 9.85. The van der Waals surface area contributed by atoms with Crippen LogP contribution in [0, 0.1) is 12.3 Å². The summed E-state index contributed by atoms with van der Waals surface area (Å²) in [6.45, 7) is 5.37. The minimum atomic E-state index is -1.51. The average molecular weight is 405 g/mol. The number of rotatable bonds is 11. The van der Waals surface area contributed by atoms with Crippen molar-refractivity contribution in [1.29, 1.82) is 0 Å². The fourth-order valence-electron chi connectivity index (χ4n) is 3.15. The van der Waals surface area contributed by atoms with Gasteiger partial charge in [-0.05, 0) is 44.2 Å². The first-order valence-corrected chi connectivity index (χ1v) is 9.85. The molecule has 0 N–H and O–H groups in total. The largest absolute Gasteiger partial charge is 0.468 e. The summed E-state index contributed by atoms with van der Waals surface area (Å²) in [5.41, 5.74) is 0.388. The summed E-state index contributed by atoms with van der Waals surface area (Å²) >= 11 is 0. The van der Waals surface area contributed by atoms with E-state index < -0.39 is 23.5 Å². The lowest BCUT2D eigenvalue weighted by atomic mass is 9.78. The molecule has 0 aliphatic rings. The smallest absolute Gasteiger partial charge is 0.323 e. The van der Waals surface area contributed by atoms with E-state index in [9.17, 15) is 14.4 Å². The van der Waals surface area contributed by atoms with Gasteiger partial charge in [-0.3, -0.25) is 14.4 Å². The Kier molecular flexibility index (Phi) is 10.1. The van der Waals surface area contributed by atoms with Crippen molar-refractivity contribution in [3.05, 3.63) is 47.5 Å². The van der Waals surface area contributed by atoms with E-state index in [1.807, 2.05) is 31.2 Å². The summed E-state index contributed by atoms with van der Waals surface area (Å²) in [4.78, 5) is 36.7. The van der Waals surface area contributed by atoms with Gasteiger partial charge in [0.2, 0.25) is 0 Å². The molecule has 0 heterocycles. The Labute approximate surface area is 173 Å². The third kappa shape index (κ3) is 7.37. The van der Waals surface area contributed by atoms with Crippen molar-refractivity contribution in [2.75, 3.05) is 14.2 Å². The molecule has 0 aliphatic carbocycles. The lowest BCUT2D eigenvalue weighted by Crippen LogP contribution is -2.43. The molecule has 1 aromatic carbocycles. The van der Waals surface area contributed by atoms with Gasteiger partial charge in [0.25, 0.3) is 0 Å². The Morgan fingerprint density at radius 2 is 1.66 bits per heavy atom. The SMILES string of the molecule is CCCCC(/C=C/CC(Cc1ccc(C)cc1)(C(=O)OC)C(=O)OC)OC(C)=O. The second-order valence-electron chi connectivity index (χ2n) is 7.15. The fourth-order valence-corrected chi connectivity index (χ4v) is 3.15. The van der Waals surface area contributed by atoms with E-state index in [1.165, 1.54) is 21.1 Å². The van der Waals surface area contributed by atoms with E-state index in [1.54, 1.807) is 12.2 Å². The molecule has 1 rings (SSSR count). The van der Waals surface area contributed by atoms with Crippen molar-refractivity contribution in [3.8, 4) is 0 Å². The Balaban J connectivity index is 3.17. The first-order chi connectivity index (χ1) is 13.8. The molecule has 1 unspecified atom stereocenters. The molecule has 0 saturated carbocycles. The van der Waals surface area contributed by atoms with Crippen LogP contribution in [0.4, 0.5) is 0 Å². The molecule has 6 heteroatoms. The van der Waals surface area contributed by atoms with Crippen LogP contribution in [0.2, 0.25) is 0 Å². The maximum absolute atomic E-state index is 12.7. The number of hydrogen-bond donors (Lipinski definition) is 0. The van der Waals surface area contributed by atoms with Gasteiger partial charge in [0.05, 0.1) is 14.2 Å². The van der Waals surface area contributed by atoms with Crippen LogP contribution in [0.25, 0.3) is 0 Å². The minimum absolute atomic E-state index is 0.0735. The molecule has 0 amide bonds. The lowest BCUT2D eigenvalue weighted by molar-refractivity contribution is -0.169. The molecule has 0 spiro atoms. The van der Waals surface area contributed by atoms with E-state index in [2.05, 4.69) is 6.92 Å². The minimum Gasteiger partial charge on any atom is -0.468 e. The number of benzene rings is 1. The van der Waals surface area contributed by atoms with Gasteiger partial charge in [0.1, 0.15) is 6.10 Å². The maximum atomic E-state index is 12.7. The molecule has 0 radical (unpaired) electrons. The van der Waals surface area contributed by atoms with E-state index in [0.717, 1.165) is 24.0 Å². The highest BCUT2D eigenvalue weighted by molar-refractivity contribution is 6.00. The normalized spacial score (nSPS) is 12.4. The topological polar surface area (TPSA) is 78.9 Å². The third-order valence-corrected chi connectivity index (χ3v) is 4.76. The number of esters is 3. The Hall–Kier alpha value is -2.63. The second-order valence-corrected chi connectivity index (χ2v) is 7.15. The number of carbonyl (C=O) groups is 3. The van der Waals surface area contributed by atoms with Gasteiger partial charge in [0.15, 0.2) is 5.41 Å². The van der Waals surface area contributed by atoms with Gasteiger partial charge < -0.3 is 14.2 Å². The highest BCUT2D eigenvalue weighted by Crippen LogP contribution is 2.32. The molecule has 29 heavy (non-hydrogen) atoms. The molecule has 0 bridgehead atoms. The standard InChI is InChI=1S/C23H32O6/c1-6-7-9-20(29-18(3)24)10-8-15-23(21(25)27-4,22(26)28-5)16-19-13-11-17(2)12-14-19/h8,10-14,20H,6-7,9,15-16H2,1-5H3/b10-8+. The van der Waals surface area contributed by atoms with Crippen molar-refractivity contribution in [2.45, 2.75) is 59.0 Å². The van der Waals surface area contributed by atoms with Crippen LogP contribution in [0.1, 0.15) is 50.7 Å². The number of unbranched alkanes of at least 4 members (excludes halogenated alkanes) is 1. The number of hydrogen-bond acceptors (Lipinski definition) is 6. The van der Waals surface area contributed by atoms with Crippen molar-refractivity contribution in [2.24, 2.45) is 5.41 Å². The maximum Gasteiger partial charge on any atom is 0.323 e. The van der Waals surface area contributed by atoms with Crippen LogP contribution < -0.4 is 0 Å². The molecule has 1 aromatic rings. The molecular weight excluding hydrogens is 372 g/mol. The van der Waals surface area contributed by atoms with Gasteiger partial charge in [0, 0.05) is 6.92 Å². The fraction of sp³-hybridized carbons (Fsp3) is 0.522. The zero-order valence-corrected chi connectivity index (χ0v) is 18.0. The van der Waals surface area contributed by atoms with Crippen molar-refractivity contribution in [1.82, 2.24) is 0 Å². The van der Waals surface area contributed by atoms with Crippen LogP contribution in [-0.4, -0.2) is 38.2 Å². The number of methoxy groups -OCH3 is 2. The van der Waals surface area contributed by atoms with Gasteiger partial charge in [-0.15, -0.1) is 0 Å².